The maximum Gasteiger partial charge on any atom is 0.319 e. The monoisotopic (exact) mass is 421 g/mol. The molecule has 0 fully saturated rings. The van der Waals surface area contributed by atoms with E-state index in [4.69, 9.17) is 9.47 Å². The Morgan fingerprint density at radius 2 is 2.04 bits per heavy atom. The molecule has 2 N–H and O–H groups in total. The van der Waals surface area contributed by atoms with Crippen LogP contribution in [0.1, 0.15) is 26.2 Å². The van der Waals surface area contributed by atoms with Gasteiger partial charge in [-0.1, -0.05) is 40.4 Å². The third-order valence-corrected chi connectivity index (χ3v) is 6.41. The molecule has 0 aliphatic carbocycles. The Morgan fingerprint density at radius 3 is 2.75 bits per heavy atom. The summed E-state index contributed by atoms with van der Waals surface area (Å²) in [5, 5.41) is 7.44. The average Bonchev–Trinajstić information content (AvgIpc) is 3.27. The number of carbonyl (C=O) groups is 1. The molecule has 0 radical (unpaired) electrons. The van der Waals surface area contributed by atoms with Crippen LogP contribution in [-0.4, -0.2) is 31.4 Å². The topological polar surface area (TPSA) is 81.6 Å². The predicted octanol–water partition coefficient (Wildman–Crippen LogP) is 4.39. The molecule has 3 rings (SSSR count). The minimum atomic E-state index is -0.368. The number of hydrogen-bond donors (Lipinski definition) is 2. The van der Waals surface area contributed by atoms with Crippen LogP contribution in [0.15, 0.2) is 28.4 Å². The molecule has 0 spiro atoms. The van der Waals surface area contributed by atoms with Crippen LogP contribution in [0, 0.1) is 0 Å². The van der Waals surface area contributed by atoms with Gasteiger partial charge in [-0.3, -0.25) is 9.36 Å². The van der Waals surface area contributed by atoms with Crippen molar-refractivity contribution in [3.05, 3.63) is 33.9 Å². The van der Waals surface area contributed by atoms with Gasteiger partial charge in [0.05, 0.1) is 30.5 Å². The molecule has 9 heteroatoms. The molecular weight excluding hydrogens is 398 g/mol. The first-order valence-electron chi connectivity index (χ1n) is 9.00. The molecular formula is C19H23N3O4S2. The van der Waals surface area contributed by atoms with E-state index < -0.39 is 0 Å². The van der Waals surface area contributed by atoms with Gasteiger partial charge >= 0.3 is 6.03 Å². The van der Waals surface area contributed by atoms with Crippen molar-refractivity contribution >= 4 is 32.4 Å². The number of aromatic nitrogens is 1. The highest BCUT2D eigenvalue weighted by molar-refractivity contribution is 7.70. The molecule has 1 aromatic rings. The number of unbranched alkanes of at least 4 members (excludes halogenated alkanes) is 2. The van der Waals surface area contributed by atoms with Gasteiger partial charge in [-0.25, -0.2) is 4.79 Å². The van der Waals surface area contributed by atoms with Gasteiger partial charge in [0, 0.05) is 18.0 Å². The fourth-order valence-electron chi connectivity index (χ4n) is 2.91. The zero-order chi connectivity index (χ0) is 20.1. The highest BCUT2D eigenvalue weighted by Crippen LogP contribution is 2.40. The van der Waals surface area contributed by atoms with Gasteiger partial charge in [-0.05, 0) is 18.6 Å². The van der Waals surface area contributed by atoms with Gasteiger partial charge in [-0.15, -0.1) is 0 Å². The summed E-state index contributed by atoms with van der Waals surface area (Å²) in [5.74, 6) is 1.15. The van der Waals surface area contributed by atoms with E-state index in [1.54, 1.807) is 37.0 Å². The Balaban J connectivity index is 1.94. The van der Waals surface area contributed by atoms with Gasteiger partial charge in [0.2, 0.25) is 0 Å². The number of rotatable bonds is 8. The zero-order valence-electron chi connectivity index (χ0n) is 16.0. The van der Waals surface area contributed by atoms with E-state index in [1.807, 2.05) is 5.38 Å². The third-order valence-electron chi connectivity index (χ3n) is 4.34. The van der Waals surface area contributed by atoms with E-state index in [1.165, 1.54) is 20.7 Å². The van der Waals surface area contributed by atoms with Gasteiger partial charge in [0.15, 0.2) is 0 Å². The number of hydrogen-bond acceptors (Lipinski definition) is 6. The van der Waals surface area contributed by atoms with Gasteiger partial charge in [0.25, 0.3) is 5.56 Å². The summed E-state index contributed by atoms with van der Waals surface area (Å²) >= 11 is 0. The second-order valence-corrected chi connectivity index (χ2v) is 8.23. The molecule has 0 unspecified atom stereocenters. The van der Waals surface area contributed by atoms with Crippen LogP contribution in [0.5, 0.6) is 11.5 Å². The van der Waals surface area contributed by atoms with Gasteiger partial charge in [-0.2, -0.15) is 0 Å². The van der Waals surface area contributed by atoms with Crippen molar-refractivity contribution in [2.75, 3.05) is 26.1 Å². The van der Waals surface area contributed by atoms with Crippen LogP contribution in [0.25, 0.3) is 16.3 Å². The zero-order valence-corrected chi connectivity index (χ0v) is 17.7. The van der Waals surface area contributed by atoms with Crippen molar-refractivity contribution in [2.24, 2.45) is 0 Å². The molecule has 2 aliphatic rings. The summed E-state index contributed by atoms with van der Waals surface area (Å²) in [7, 11) is 6.08. The maximum atomic E-state index is 13.1. The summed E-state index contributed by atoms with van der Waals surface area (Å²) in [6.45, 7) is 2.69. The van der Waals surface area contributed by atoms with Crippen molar-refractivity contribution in [2.45, 2.75) is 26.2 Å². The van der Waals surface area contributed by atoms with Crippen LogP contribution in [0.2, 0.25) is 0 Å². The van der Waals surface area contributed by atoms with Crippen LogP contribution in [0.4, 0.5) is 10.5 Å². The molecule has 2 amide bonds. The highest BCUT2D eigenvalue weighted by Gasteiger charge is 2.26. The van der Waals surface area contributed by atoms with E-state index in [-0.39, 0.29) is 17.3 Å². The molecule has 28 heavy (non-hydrogen) atoms. The molecule has 2 heterocycles. The van der Waals surface area contributed by atoms with E-state index in [0.717, 1.165) is 29.8 Å². The summed E-state index contributed by atoms with van der Waals surface area (Å²) in [5.41, 5.74) is 1.33. The lowest BCUT2D eigenvalue weighted by Crippen LogP contribution is -2.31. The molecule has 0 aromatic heterocycles. The SMILES string of the molecule is CCCCCNC(=O)Nc1c2sscc-2n(-c2ccc(OC)cc2OC)c1=O. The minimum absolute atomic E-state index is 0.284. The van der Waals surface area contributed by atoms with Crippen LogP contribution in [0.3, 0.4) is 0 Å². The van der Waals surface area contributed by atoms with Crippen LogP contribution < -0.4 is 25.7 Å². The lowest BCUT2D eigenvalue weighted by Gasteiger charge is -2.11. The number of urea groups is 1. The van der Waals surface area contributed by atoms with E-state index in [9.17, 15) is 9.59 Å². The first kappa shape index (κ1) is 20.2. The highest BCUT2D eigenvalue weighted by atomic mass is 32.9. The number of anilines is 1. The summed E-state index contributed by atoms with van der Waals surface area (Å²) in [6.07, 6.45) is 3.05. The van der Waals surface area contributed by atoms with Crippen LogP contribution in [-0.2, 0) is 0 Å². The summed E-state index contributed by atoms with van der Waals surface area (Å²) in [6, 6.07) is 4.90. The second kappa shape index (κ2) is 9.11. The number of amides is 2. The van der Waals surface area contributed by atoms with Crippen molar-refractivity contribution in [1.29, 1.82) is 0 Å². The number of nitrogens with one attached hydrogen (secondary N) is 2. The fraction of sp³-hybridized carbons (Fsp3) is 0.368. The number of fused-ring (bicyclic) bond motifs is 1. The predicted molar refractivity (Wildman–Crippen MR) is 114 cm³/mol. The number of carbonyl (C=O) groups excluding carboxylic acids is 1. The standard InChI is InChI=1S/C19H23N3O4S2/c1-4-5-6-9-20-19(24)21-16-17-14(11-27-28-17)22(18(16)23)13-8-7-12(25-2)10-15(13)26-3/h7-8,10-11H,4-6,9H2,1-3H3,(H2,20,21,24). The molecule has 7 nitrogen and oxygen atoms in total. The average molecular weight is 422 g/mol. The second-order valence-electron chi connectivity index (χ2n) is 6.15. The summed E-state index contributed by atoms with van der Waals surface area (Å²) < 4.78 is 12.3. The molecule has 150 valence electrons. The molecule has 0 saturated carbocycles. The van der Waals surface area contributed by atoms with Crippen molar-refractivity contribution < 1.29 is 14.3 Å². The Hall–Kier alpha value is -2.52. The van der Waals surface area contributed by atoms with E-state index >= 15 is 0 Å². The number of benzene rings is 1. The molecule has 0 bridgehead atoms. The molecule has 2 aliphatic heterocycles. The maximum absolute atomic E-state index is 13.1. The Labute approximate surface area is 170 Å². The lowest BCUT2D eigenvalue weighted by atomic mass is 10.2. The van der Waals surface area contributed by atoms with Crippen molar-refractivity contribution in [3.63, 3.8) is 0 Å². The minimum Gasteiger partial charge on any atom is -0.497 e. The third kappa shape index (κ3) is 4.00. The lowest BCUT2D eigenvalue weighted by molar-refractivity contribution is 0.252. The number of ether oxygens (including phenoxy) is 2. The van der Waals surface area contributed by atoms with Crippen molar-refractivity contribution in [1.82, 2.24) is 9.88 Å². The molecule has 1 aromatic carbocycles. The first-order chi connectivity index (χ1) is 13.6. The van der Waals surface area contributed by atoms with E-state index in [0.29, 0.717) is 23.7 Å². The quantitative estimate of drug-likeness (QED) is 0.417. The Kier molecular flexibility index (Phi) is 6.58. The van der Waals surface area contributed by atoms with Gasteiger partial charge in [0.1, 0.15) is 17.2 Å². The normalized spacial score (nSPS) is 10.8. The Morgan fingerprint density at radius 1 is 1.21 bits per heavy atom. The number of methoxy groups -OCH3 is 2. The Bertz CT molecular complexity index is 976. The smallest absolute Gasteiger partial charge is 0.319 e. The van der Waals surface area contributed by atoms with Crippen molar-refractivity contribution in [3.8, 4) is 27.8 Å². The molecule has 0 saturated heterocycles. The van der Waals surface area contributed by atoms with E-state index in [2.05, 4.69) is 17.6 Å². The van der Waals surface area contributed by atoms with Gasteiger partial charge < -0.3 is 20.1 Å². The fourth-order valence-corrected chi connectivity index (χ4v) is 5.11. The summed E-state index contributed by atoms with van der Waals surface area (Å²) in [4.78, 5) is 26.1. The largest absolute Gasteiger partial charge is 0.497 e. The first-order valence-corrected chi connectivity index (χ1v) is 11.2. The van der Waals surface area contributed by atoms with Crippen LogP contribution >= 0.6 is 20.7 Å². The number of nitrogens with zero attached hydrogens (tertiary/aromatic N) is 1. The molecule has 0 atom stereocenters.